The van der Waals surface area contributed by atoms with Gasteiger partial charge in [0.15, 0.2) is 0 Å². The average molecular weight is 241 g/mol. The van der Waals surface area contributed by atoms with Crippen molar-refractivity contribution >= 4 is 0 Å². The van der Waals surface area contributed by atoms with Gasteiger partial charge in [-0.2, -0.15) is 0 Å². The van der Waals surface area contributed by atoms with E-state index in [2.05, 4.69) is 26.1 Å². The van der Waals surface area contributed by atoms with Crippen LogP contribution in [0.25, 0.3) is 0 Å². The van der Waals surface area contributed by atoms with Gasteiger partial charge in [-0.3, -0.25) is 0 Å². The summed E-state index contributed by atoms with van der Waals surface area (Å²) < 4.78 is 5.64. The van der Waals surface area contributed by atoms with Gasteiger partial charge < -0.3 is 10.1 Å². The Labute approximate surface area is 108 Å². The minimum absolute atomic E-state index is 0.680. The fraction of sp³-hybridized carbons (Fsp3) is 1.00. The summed E-state index contributed by atoms with van der Waals surface area (Å²) in [5.74, 6) is 1.80. The minimum Gasteiger partial charge on any atom is -0.381 e. The topological polar surface area (TPSA) is 21.3 Å². The van der Waals surface area contributed by atoms with Gasteiger partial charge in [-0.1, -0.05) is 33.6 Å². The molecule has 1 aliphatic rings. The number of rotatable bonds is 8. The van der Waals surface area contributed by atoms with E-state index < -0.39 is 0 Å². The molecular weight excluding hydrogens is 210 g/mol. The molecule has 17 heavy (non-hydrogen) atoms. The largest absolute Gasteiger partial charge is 0.381 e. The molecule has 1 aliphatic carbocycles. The number of hydrogen-bond donors (Lipinski definition) is 1. The fourth-order valence-electron chi connectivity index (χ4n) is 3.07. The van der Waals surface area contributed by atoms with Gasteiger partial charge in [0.25, 0.3) is 0 Å². The van der Waals surface area contributed by atoms with Crippen LogP contribution in [0.1, 0.15) is 59.3 Å². The highest BCUT2D eigenvalue weighted by Crippen LogP contribution is 2.31. The third-order valence-corrected chi connectivity index (χ3v) is 3.93. The molecule has 0 bridgehead atoms. The molecule has 102 valence electrons. The van der Waals surface area contributed by atoms with Gasteiger partial charge in [0.2, 0.25) is 0 Å². The lowest BCUT2D eigenvalue weighted by Crippen LogP contribution is -2.39. The summed E-state index contributed by atoms with van der Waals surface area (Å²) in [7, 11) is 0. The molecule has 0 radical (unpaired) electrons. The summed E-state index contributed by atoms with van der Waals surface area (Å²) in [4.78, 5) is 0. The van der Waals surface area contributed by atoms with E-state index in [1.54, 1.807) is 0 Å². The summed E-state index contributed by atoms with van der Waals surface area (Å²) in [5.41, 5.74) is 0. The van der Waals surface area contributed by atoms with Crippen LogP contribution in [0.15, 0.2) is 0 Å². The molecule has 3 unspecified atom stereocenters. The third kappa shape index (κ3) is 5.87. The van der Waals surface area contributed by atoms with Crippen molar-refractivity contribution in [1.29, 1.82) is 0 Å². The van der Waals surface area contributed by atoms with E-state index in [-0.39, 0.29) is 0 Å². The molecule has 1 N–H and O–H groups in total. The highest BCUT2D eigenvalue weighted by atomic mass is 16.5. The van der Waals surface area contributed by atoms with Crippen molar-refractivity contribution in [3.8, 4) is 0 Å². The zero-order chi connectivity index (χ0) is 12.5. The van der Waals surface area contributed by atoms with E-state index in [9.17, 15) is 0 Å². The van der Waals surface area contributed by atoms with E-state index >= 15 is 0 Å². The van der Waals surface area contributed by atoms with Crippen LogP contribution in [-0.4, -0.2) is 25.8 Å². The van der Waals surface area contributed by atoms with Gasteiger partial charge in [0.05, 0.1) is 0 Å². The number of hydrogen-bond acceptors (Lipinski definition) is 2. The molecule has 0 spiro atoms. The van der Waals surface area contributed by atoms with Crippen LogP contribution >= 0.6 is 0 Å². The molecule has 0 aromatic carbocycles. The molecule has 1 rings (SSSR count). The zero-order valence-electron chi connectivity index (χ0n) is 12.0. The highest BCUT2D eigenvalue weighted by Gasteiger charge is 2.25. The fourth-order valence-corrected chi connectivity index (χ4v) is 3.07. The normalized spacial score (nSPS) is 27.0. The molecule has 0 aromatic rings. The summed E-state index contributed by atoms with van der Waals surface area (Å²) in [6, 6.07) is 0.680. The van der Waals surface area contributed by atoms with Crippen LogP contribution in [0.2, 0.25) is 0 Å². The molecular formula is C15H31NO. The van der Waals surface area contributed by atoms with Crippen LogP contribution in [0.3, 0.4) is 0 Å². The molecule has 1 fully saturated rings. The SMILES string of the molecule is CCCOCCC(NCC)C1CCCC(C)C1. The predicted molar refractivity (Wildman–Crippen MR) is 74.3 cm³/mol. The third-order valence-electron chi connectivity index (χ3n) is 3.93. The number of nitrogens with one attached hydrogen (secondary N) is 1. The van der Waals surface area contributed by atoms with Crippen LogP contribution < -0.4 is 5.32 Å². The second-order valence-electron chi connectivity index (χ2n) is 5.60. The zero-order valence-corrected chi connectivity index (χ0v) is 12.0. The maximum Gasteiger partial charge on any atom is 0.0480 e. The second kappa shape index (κ2) is 8.93. The van der Waals surface area contributed by atoms with Crippen molar-refractivity contribution < 1.29 is 4.74 Å². The first-order valence-corrected chi connectivity index (χ1v) is 7.59. The van der Waals surface area contributed by atoms with Crippen molar-refractivity contribution in [3.05, 3.63) is 0 Å². The lowest BCUT2D eigenvalue weighted by atomic mass is 9.78. The molecule has 0 amide bonds. The molecule has 1 saturated carbocycles. The lowest BCUT2D eigenvalue weighted by Gasteiger charge is -2.33. The van der Waals surface area contributed by atoms with Crippen molar-refractivity contribution in [1.82, 2.24) is 5.32 Å². The van der Waals surface area contributed by atoms with Crippen LogP contribution in [-0.2, 0) is 4.74 Å². The second-order valence-corrected chi connectivity index (χ2v) is 5.60. The first-order valence-electron chi connectivity index (χ1n) is 7.59. The van der Waals surface area contributed by atoms with Crippen molar-refractivity contribution in [2.45, 2.75) is 65.3 Å². The van der Waals surface area contributed by atoms with Crippen molar-refractivity contribution in [2.24, 2.45) is 11.8 Å². The van der Waals surface area contributed by atoms with Gasteiger partial charge in [0.1, 0.15) is 0 Å². The van der Waals surface area contributed by atoms with E-state index in [4.69, 9.17) is 4.74 Å². The molecule has 2 heteroatoms. The highest BCUT2D eigenvalue weighted by molar-refractivity contribution is 4.81. The van der Waals surface area contributed by atoms with Crippen molar-refractivity contribution in [3.63, 3.8) is 0 Å². The van der Waals surface area contributed by atoms with E-state index in [0.29, 0.717) is 6.04 Å². The van der Waals surface area contributed by atoms with Gasteiger partial charge in [0, 0.05) is 19.3 Å². The quantitative estimate of drug-likeness (QED) is 0.656. The molecule has 0 saturated heterocycles. The Hall–Kier alpha value is -0.0800. The maximum absolute atomic E-state index is 5.64. The molecule has 2 nitrogen and oxygen atoms in total. The lowest BCUT2D eigenvalue weighted by molar-refractivity contribution is 0.109. The Balaban J connectivity index is 2.30. The van der Waals surface area contributed by atoms with Gasteiger partial charge in [-0.05, 0) is 44.1 Å². The Morgan fingerprint density at radius 1 is 1.24 bits per heavy atom. The Morgan fingerprint density at radius 3 is 2.71 bits per heavy atom. The van der Waals surface area contributed by atoms with E-state index in [0.717, 1.165) is 38.0 Å². The van der Waals surface area contributed by atoms with Gasteiger partial charge >= 0.3 is 0 Å². The van der Waals surface area contributed by atoms with Crippen molar-refractivity contribution in [2.75, 3.05) is 19.8 Å². The summed E-state index contributed by atoms with van der Waals surface area (Å²) >= 11 is 0. The van der Waals surface area contributed by atoms with Gasteiger partial charge in [-0.15, -0.1) is 0 Å². The Kier molecular flexibility index (Phi) is 7.87. The summed E-state index contributed by atoms with van der Waals surface area (Å²) in [6.45, 7) is 9.72. The van der Waals surface area contributed by atoms with Crippen LogP contribution in [0, 0.1) is 11.8 Å². The average Bonchev–Trinajstić information content (AvgIpc) is 2.33. The molecule has 0 heterocycles. The first-order chi connectivity index (χ1) is 8.27. The molecule has 0 aliphatic heterocycles. The van der Waals surface area contributed by atoms with Crippen LogP contribution in [0.5, 0.6) is 0 Å². The monoisotopic (exact) mass is 241 g/mol. The maximum atomic E-state index is 5.64. The van der Waals surface area contributed by atoms with Crippen LogP contribution in [0.4, 0.5) is 0 Å². The molecule has 0 aromatic heterocycles. The standard InChI is InChI=1S/C15H31NO/c1-4-10-17-11-9-15(16-5-2)14-8-6-7-13(3)12-14/h13-16H,4-12H2,1-3H3. The first kappa shape index (κ1) is 15.0. The van der Waals surface area contributed by atoms with E-state index in [1.807, 2.05) is 0 Å². The number of ether oxygens (including phenoxy) is 1. The van der Waals surface area contributed by atoms with E-state index in [1.165, 1.54) is 32.1 Å². The molecule has 3 atom stereocenters. The Morgan fingerprint density at radius 2 is 2.06 bits per heavy atom. The smallest absolute Gasteiger partial charge is 0.0480 e. The predicted octanol–water partition coefficient (Wildman–Crippen LogP) is 3.61. The summed E-state index contributed by atoms with van der Waals surface area (Å²) in [6.07, 6.45) is 7.99. The Bertz CT molecular complexity index is 184. The van der Waals surface area contributed by atoms with Gasteiger partial charge in [-0.25, -0.2) is 0 Å². The summed E-state index contributed by atoms with van der Waals surface area (Å²) in [5, 5.41) is 3.67. The minimum atomic E-state index is 0.680.